The number of anilines is 3. The molecule has 0 atom stereocenters. The molecule has 124 valence electrons. The molecule has 1 heterocycles. The van der Waals surface area contributed by atoms with Crippen molar-refractivity contribution in [2.45, 2.75) is 13.8 Å². The molecule has 3 aromatic rings. The highest BCUT2D eigenvalue weighted by Gasteiger charge is 2.21. The summed E-state index contributed by atoms with van der Waals surface area (Å²) in [6.07, 6.45) is 0. The van der Waals surface area contributed by atoms with E-state index in [1.807, 2.05) is 48.5 Å². The van der Waals surface area contributed by atoms with Crippen molar-refractivity contribution in [3.63, 3.8) is 0 Å². The second kappa shape index (κ2) is 6.88. The number of nitrogens with zero attached hydrogens (tertiary/aromatic N) is 2. The maximum atomic E-state index is 11.4. The monoisotopic (exact) mass is 341 g/mol. The number of nitro groups is 1. The number of hydrogen-bond donors (Lipinski definition) is 1. The van der Waals surface area contributed by atoms with Gasteiger partial charge in [-0.05, 0) is 44.2 Å². The first-order valence-electron chi connectivity index (χ1n) is 7.92. The molecular weight excluding hydrogens is 322 g/mol. The molecular formula is C18H19N3O2S. The van der Waals surface area contributed by atoms with Crippen LogP contribution in [0.3, 0.4) is 0 Å². The first-order chi connectivity index (χ1) is 11.6. The Kier molecular flexibility index (Phi) is 4.66. The smallest absolute Gasteiger partial charge is 0.348 e. The van der Waals surface area contributed by atoms with Gasteiger partial charge in [-0.25, -0.2) is 0 Å². The highest BCUT2D eigenvalue weighted by molar-refractivity contribution is 7.23. The van der Waals surface area contributed by atoms with Gasteiger partial charge in [0.15, 0.2) is 0 Å². The molecule has 1 N–H and O–H groups in total. The minimum absolute atomic E-state index is 0.143. The van der Waals surface area contributed by atoms with Crippen molar-refractivity contribution in [3.05, 3.63) is 58.6 Å². The van der Waals surface area contributed by atoms with E-state index in [1.54, 1.807) is 0 Å². The average Bonchev–Trinajstić information content (AvgIpc) is 2.96. The van der Waals surface area contributed by atoms with Crippen LogP contribution >= 0.6 is 11.3 Å². The SMILES string of the molecule is CCN(CC)c1ccc(Nc2c([N+](=O)[O-])sc3ccccc23)cc1. The molecule has 0 saturated heterocycles. The minimum Gasteiger partial charge on any atom is -0.372 e. The number of fused-ring (bicyclic) bond motifs is 1. The normalized spacial score (nSPS) is 10.8. The quantitative estimate of drug-likeness (QED) is 0.482. The molecule has 5 nitrogen and oxygen atoms in total. The molecule has 0 radical (unpaired) electrons. The fraction of sp³-hybridized carbons (Fsp3) is 0.222. The van der Waals surface area contributed by atoms with Crippen LogP contribution in [0.15, 0.2) is 48.5 Å². The van der Waals surface area contributed by atoms with Gasteiger partial charge in [0.2, 0.25) is 0 Å². The van der Waals surface area contributed by atoms with E-state index in [1.165, 1.54) is 11.3 Å². The Morgan fingerprint density at radius 2 is 1.75 bits per heavy atom. The Labute approximate surface area is 144 Å². The molecule has 3 rings (SSSR count). The van der Waals surface area contributed by atoms with Crippen molar-refractivity contribution in [3.8, 4) is 0 Å². The summed E-state index contributed by atoms with van der Waals surface area (Å²) in [5.41, 5.74) is 2.56. The summed E-state index contributed by atoms with van der Waals surface area (Å²) in [6, 6.07) is 15.6. The molecule has 0 fully saturated rings. The van der Waals surface area contributed by atoms with E-state index in [0.717, 1.165) is 34.6 Å². The fourth-order valence-corrected chi connectivity index (χ4v) is 3.74. The summed E-state index contributed by atoms with van der Waals surface area (Å²) >= 11 is 1.20. The summed E-state index contributed by atoms with van der Waals surface area (Å²) in [6.45, 7) is 6.14. The van der Waals surface area contributed by atoms with Crippen molar-refractivity contribution in [1.29, 1.82) is 0 Å². The van der Waals surface area contributed by atoms with Gasteiger partial charge in [-0.3, -0.25) is 10.1 Å². The van der Waals surface area contributed by atoms with Crippen molar-refractivity contribution < 1.29 is 4.92 Å². The summed E-state index contributed by atoms with van der Waals surface area (Å²) in [5, 5.41) is 15.6. The molecule has 6 heteroatoms. The Morgan fingerprint density at radius 3 is 2.38 bits per heavy atom. The molecule has 0 aliphatic carbocycles. The lowest BCUT2D eigenvalue weighted by Gasteiger charge is -2.21. The summed E-state index contributed by atoms with van der Waals surface area (Å²) in [5.74, 6) is 0. The van der Waals surface area contributed by atoms with Gasteiger partial charge >= 0.3 is 5.00 Å². The Morgan fingerprint density at radius 1 is 1.08 bits per heavy atom. The van der Waals surface area contributed by atoms with Crippen LogP contribution < -0.4 is 10.2 Å². The van der Waals surface area contributed by atoms with E-state index in [4.69, 9.17) is 0 Å². The molecule has 0 aliphatic rings. The molecule has 24 heavy (non-hydrogen) atoms. The van der Waals surface area contributed by atoms with E-state index in [9.17, 15) is 10.1 Å². The van der Waals surface area contributed by atoms with Gasteiger partial charge in [0, 0.05) is 34.6 Å². The van der Waals surface area contributed by atoms with Crippen LogP contribution in [0.2, 0.25) is 0 Å². The summed E-state index contributed by atoms with van der Waals surface area (Å²) < 4.78 is 0.909. The van der Waals surface area contributed by atoms with Gasteiger partial charge < -0.3 is 10.2 Å². The number of benzene rings is 2. The van der Waals surface area contributed by atoms with Crippen LogP contribution in [0, 0.1) is 10.1 Å². The van der Waals surface area contributed by atoms with Crippen molar-refractivity contribution in [2.75, 3.05) is 23.3 Å². The van der Waals surface area contributed by atoms with Gasteiger partial charge in [0.05, 0.1) is 4.92 Å². The fourth-order valence-electron chi connectivity index (χ4n) is 2.77. The van der Waals surface area contributed by atoms with E-state index in [0.29, 0.717) is 5.69 Å². The molecule has 0 spiro atoms. The molecule has 0 amide bonds. The predicted octanol–water partition coefficient (Wildman–Crippen LogP) is 5.40. The molecule has 0 saturated carbocycles. The Bertz CT molecular complexity index is 854. The number of rotatable bonds is 6. The van der Waals surface area contributed by atoms with Crippen LogP contribution in [0.5, 0.6) is 0 Å². The lowest BCUT2D eigenvalue weighted by Crippen LogP contribution is -2.21. The third-order valence-electron chi connectivity index (χ3n) is 4.01. The van der Waals surface area contributed by atoms with Crippen LogP contribution in [0.25, 0.3) is 10.1 Å². The highest BCUT2D eigenvalue weighted by Crippen LogP contribution is 2.42. The third-order valence-corrected chi connectivity index (χ3v) is 5.13. The lowest BCUT2D eigenvalue weighted by molar-refractivity contribution is -0.379. The lowest BCUT2D eigenvalue weighted by atomic mass is 10.2. The molecule has 0 bridgehead atoms. The standard InChI is InChI=1S/C18H19N3O2S/c1-3-20(4-2)14-11-9-13(10-12-14)19-17-15-7-5-6-8-16(15)24-18(17)21(22)23/h5-12,19H,3-4H2,1-2H3. The number of nitrogens with one attached hydrogen (secondary N) is 1. The van der Waals surface area contributed by atoms with E-state index in [2.05, 4.69) is 24.1 Å². The topological polar surface area (TPSA) is 58.4 Å². The summed E-state index contributed by atoms with van der Waals surface area (Å²) in [4.78, 5) is 13.3. The van der Waals surface area contributed by atoms with E-state index < -0.39 is 0 Å². The largest absolute Gasteiger partial charge is 0.372 e. The number of hydrogen-bond acceptors (Lipinski definition) is 5. The van der Waals surface area contributed by atoms with E-state index >= 15 is 0 Å². The first-order valence-corrected chi connectivity index (χ1v) is 8.73. The summed E-state index contributed by atoms with van der Waals surface area (Å²) in [7, 11) is 0. The van der Waals surface area contributed by atoms with Gasteiger partial charge in [-0.2, -0.15) is 0 Å². The molecule has 1 aromatic heterocycles. The van der Waals surface area contributed by atoms with Crippen LogP contribution in [0.1, 0.15) is 13.8 Å². The van der Waals surface area contributed by atoms with Crippen LogP contribution in [0.4, 0.5) is 22.1 Å². The van der Waals surface area contributed by atoms with Crippen LogP contribution in [-0.4, -0.2) is 18.0 Å². The second-order valence-electron chi connectivity index (χ2n) is 5.38. The minimum atomic E-state index is -0.322. The van der Waals surface area contributed by atoms with Gasteiger partial charge in [0.1, 0.15) is 5.69 Å². The molecule has 0 aliphatic heterocycles. The zero-order valence-corrected chi connectivity index (χ0v) is 14.5. The van der Waals surface area contributed by atoms with E-state index in [-0.39, 0.29) is 9.92 Å². The zero-order chi connectivity index (χ0) is 17.1. The predicted molar refractivity (Wildman–Crippen MR) is 102 cm³/mol. The van der Waals surface area contributed by atoms with Gasteiger partial charge in [0.25, 0.3) is 0 Å². The van der Waals surface area contributed by atoms with Crippen molar-refractivity contribution in [2.24, 2.45) is 0 Å². The van der Waals surface area contributed by atoms with Crippen LogP contribution in [-0.2, 0) is 0 Å². The number of thiophene rings is 1. The maximum Gasteiger partial charge on any atom is 0.348 e. The van der Waals surface area contributed by atoms with Gasteiger partial charge in [-0.15, -0.1) is 0 Å². The maximum absolute atomic E-state index is 11.4. The first kappa shape index (κ1) is 16.3. The Balaban J connectivity index is 1.95. The van der Waals surface area contributed by atoms with Crippen molar-refractivity contribution in [1.82, 2.24) is 0 Å². The third kappa shape index (κ3) is 3.05. The Hall–Kier alpha value is -2.60. The highest BCUT2D eigenvalue weighted by atomic mass is 32.1. The average molecular weight is 341 g/mol. The van der Waals surface area contributed by atoms with Gasteiger partial charge in [-0.1, -0.05) is 29.5 Å². The molecule has 0 unspecified atom stereocenters. The molecule has 2 aromatic carbocycles. The zero-order valence-electron chi connectivity index (χ0n) is 13.7. The second-order valence-corrected chi connectivity index (χ2v) is 6.41. The van der Waals surface area contributed by atoms with Crippen molar-refractivity contribution >= 4 is 43.5 Å².